The van der Waals surface area contributed by atoms with Crippen LogP contribution in [0.1, 0.15) is 55.7 Å². The number of sulfonamides is 1. The maximum absolute atomic E-state index is 16.0. The number of likely N-dealkylation sites (tertiary alicyclic amines) is 1. The molecule has 3 heterocycles. The number of rotatable bonds is 5. The van der Waals surface area contributed by atoms with Gasteiger partial charge in [0, 0.05) is 37.9 Å². The summed E-state index contributed by atoms with van der Waals surface area (Å²) in [7, 11) is -3.04. The van der Waals surface area contributed by atoms with E-state index in [0.29, 0.717) is 13.1 Å². The molecule has 0 saturated carbocycles. The van der Waals surface area contributed by atoms with Gasteiger partial charge in [0.25, 0.3) is 5.91 Å². The molecule has 244 valence electrons. The molecule has 2 saturated heterocycles. The lowest BCUT2D eigenvalue weighted by Gasteiger charge is -2.53. The fraction of sp³-hybridized carbons (Fsp3) is 0.375. The average molecular weight is 655 g/mol. The third-order valence-corrected chi connectivity index (χ3v) is 10.9. The first-order chi connectivity index (χ1) is 21.5. The first-order valence-corrected chi connectivity index (χ1v) is 16.1. The highest BCUT2D eigenvalue weighted by atomic mass is 32.2. The van der Waals surface area contributed by atoms with Crippen LogP contribution in [-0.4, -0.2) is 71.1 Å². The highest BCUT2D eigenvalue weighted by Crippen LogP contribution is 2.50. The largest absolute Gasteiger partial charge is 0.442 e. The third kappa shape index (κ3) is 6.18. The van der Waals surface area contributed by atoms with Gasteiger partial charge < -0.3 is 15.4 Å². The summed E-state index contributed by atoms with van der Waals surface area (Å²) < 4.78 is 63.1. The van der Waals surface area contributed by atoms with E-state index in [9.17, 15) is 22.4 Å². The minimum atomic E-state index is -4.33. The molecule has 2 amide bonds. The second-order valence-electron chi connectivity index (χ2n) is 12.6. The van der Waals surface area contributed by atoms with Crippen LogP contribution in [0.4, 0.5) is 19.3 Å². The van der Waals surface area contributed by atoms with Gasteiger partial charge in [0.2, 0.25) is 16.0 Å². The molecule has 3 aromatic rings. The Labute approximate surface area is 266 Å². The zero-order valence-corrected chi connectivity index (χ0v) is 27.0. The molecule has 0 aliphatic carbocycles. The number of aliphatic imine (C=N–C) groups is 1. The van der Waals surface area contributed by atoms with Gasteiger partial charge in [-0.05, 0) is 70.0 Å². The third-order valence-electron chi connectivity index (χ3n) is 8.30. The van der Waals surface area contributed by atoms with Gasteiger partial charge in [0.15, 0.2) is 0 Å². The lowest BCUT2D eigenvalue weighted by atomic mass is 9.77. The van der Waals surface area contributed by atoms with Gasteiger partial charge in [-0.15, -0.1) is 4.99 Å². The van der Waals surface area contributed by atoms with Crippen LogP contribution in [-0.2, 0) is 26.8 Å². The van der Waals surface area contributed by atoms with Crippen LogP contribution in [0.3, 0.4) is 0 Å². The summed E-state index contributed by atoms with van der Waals surface area (Å²) >= 11 is 0. The van der Waals surface area contributed by atoms with Crippen molar-refractivity contribution in [1.29, 1.82) is 0 Å². The minimum absolute atomic E-state index is 0.0211. The van der Waals surface area contributed by atoms with Crippen LogP contribution in [0.25, 0.3) is 0 Å². The molecule has 2 fully saturated rings. The van der Waals surface area contributed by atoms with Gasteiger partial charge >= 0.3 is 6.09 Å². The summed E-state index contributed by atoms with van der Waals surface area (Å²) in [6, 6.07) is 15.6. The molecular weight excluding hydrogens is 618 g/mol. The quantitative estimate of drug-likeness (QED) is 0.407. The van der Waals surface area contributed by atoms with Crippen molar-refractivity contribution in [2.45, 2.75) is 56.5 Å². The molecule has 1 unspecified atom stereocenters. The van der Waals surface area contributed by atoms with Gasteiger partial charge in [-0.1, -0.05) is 30.3 Å². The number of carbonyl (C=O) groups is 2. The summed E-state index contributed by atoms with van der Waals surface area (Å²) in [5, 5.41) is 5.73. The van der Waals surface area contributed by atoms with Crippen molar-refractivity contribution in [3.8, 4) is 0 Å². The second-order valence-corrected chi connectivity index (χ2v) is 14.9. The lowest BCUT2D eigenvalue weighted by molar-refractivity contribution is 0.0601. The summed E-state index contributed by atoms with van der Waals surface area (Å²) in [4.78, 5) is 35.4. The van der Waals surface area contributed by atoms with E-state index in [-0.39, 0.29) is 35.9 Å². The number of pyridine rings is 1. The molecule has 46 heavy (non-hydrogen) atoms. The predicted molar refractivity (Wildman–Crippen MR) is 168 cm³/mol. The molecule has 1 aromatic heterocycles. The van der Waals surface area contributed by atoms with Gasteiger partial charge in [-0.2, -0.15) is 0 Å². The summed E-state index contributed by atoms with van der Waals surface area (Å²) in [6.07, 6.45) is -0.0120. The predicted octanol–water partition coefficient (Wildman–Crippen LogP) is 4.63. The van der Waals surface area contributed by atoms with Gasteiger partial charge in [-0.25, -0.2) is 31.3 Å². The molecule has 11 nitrogen and oxygen atoms in total. The molecule has 2 N–H and O–H groups in total. The monoisotopic (exact) mass is 654 g/mol. The topological polar surface area (TPSA) is 133 Å². The Morgan fingerprint density at radius 1 is 1.11 bits per heavy atom. The molecular formula is C32H36F2N6O5S. The number of benzene rings is 2. The molecule has 2 atom stereocenters. The number of nitrogens with one attached hydrogen (secondary N) is 2. The molecule has 2 aliphatic rings. The number of halogens is 2. The van der Waals surface area contributed by atoms with Crippen molar-refractivity contribution >= 4 is 33.7 Å². The van der Waals surface area contributed by atoms with E-state index in [1.807, 2.05) is 35.2 Å². The molecule has 14 heteroatoms. The van der Waals surface area contributed by atoms with E-state index in [4.69, 9.17) is 4.74 Å². The van der Waals surface area contributed by atoms with Crippen LogP contribution in [0, 0.1) is 11.6 Å². The second kappa shape index (κ2) is 12.1. The smallest absolute Gasteiger partial charge is 0.437 e. The van der Waals surface area contributed by atoms with Gasteiger partial charge in [-0.3, -0.25) is 9.69 Å². The first kappa shape index (κ1) is 32.9. The average Bonchev–Trinajstić information content (AvgIpc) is 3.42. The zero-order chi connectivity index (χ0) is 33.5. The van der Waals surface area contributed by atoms with E-state index in [0.717, 1.165) is 28.2 Å². The fourth-order valence-electron chi connectivity index (χ4n) is 5.98. The minimum Gasteiger partial charge on any atom is -0.442 e. The Hall–Kier alpha value is -4.43. The van der Waals surface area contributed by atoms with E-state index < -0.39 is 49.5 Å². The van der Waals surface area contributed by atoms with Crippen molar-refractivity contribution in [1.82, 2.24) is 19.5 Å². The van der Waals surface area contributed by atoms with Crippen molar-refractivity contribution in [2.24, 2.45) is 4.99 Å². The number of hydrogen-bond acceptors (Lipinski definition) is 7. The zero-order valence-electron chi connectivity index (χ0n) is 26.2. The van der Waals surface area contributed by atoms with Crippen molar-refractivity contribution in [2.75, 3.05) is 25.5 Å². The van der Waals surface area contributed by atoms with Crippen molar-refractivity contribution in [3.63, 3.8) is 0 Å². The number of nitrogens with zero attached hydrogens (tertiary/aromatic N) is 4. The number of aromatic nitrogens is 1. The number of carbonyl (C=O) groups excluding carboxylic acids is 2. The van der Waals surface area contributed by atoms with Crippen molar-refractivity contribution in [3.05, 3.63) is 95.3 Å². The first-order valence-electron chi connectivity index (χ1n) is 14.6. The normalized spacial score (nSPS) is 23.7. The van der Waals surface area contributed by atoms with Crippen LogP contribution in [0.2, 0.25) is 0 Å². The van der Waals surface area contributed by atoms with E-state index >= 15 is 4.39 Å². The van der Waals surface area contributed by atoms with Gasteiger partial charge in [0.1, 0.15) is 27.7 Å². The Kier molecular flexibility index (Phi) is 8.64. The summed E-state index contributed by atoms with van der Waals surface area (Å²) in [5.41, 5.74) is -1.63. The van der Waals surface area contributed by atoms with Crippen LogP contribution < -0.4 is 10.6 Å². The lowest BCUT2D eigenvalue weighted by Crippen LogP contribution is -2.74. The fourth-order valence-corrected chi connectivity index (χ4v) is 8.19. The standard InChI is InChI=1S/C32H36F2N6O5S/c1-30(2,3)45-29(42)37-28-38-31(4,24-17-23(12-13-25(24)34)36-27(41)26-14-11-22(33)18-35-26)32(46(43,44)39(28)5)15-16-40(20-32)19-21-9-7-6-8-10-21/h6-14,17-18H,15-16,19-20H2,1-5H3,(H,36,41)(H,37,38,42)/t31-,32?/m1/s1. The maximum Gasteiger partial charge on any atom is 0.437 e. The molecule has 5 rings (SSSR count). The van der Waals surface area contributed by atoms with Gasteiger partial charge in [0.05, 0.1) is 11.7 Å². The van der Waals surface area contributed by atoms with E-state index in [1.165, 1.54) is 25.2 Å². The number of hydrogen-bond donors (Lipinski definition) is 2. The summed E-state index contributed by atoms with van der Waals surface area (Å²) in [5.74, 6) is -2.38. The SMILES string of the molecule is CN1/C(=N/C(=O)OC(C)(C)C)N[C@](C)(c2cc(NC(=O)c3ccc(F)cn3)ccc2F)C2(CCN(Cc3ccccc3)C2)S1(=O)=O. The van der Waals surface area contributed by atoms with E-state index in [1.54, 1.807) is 27.7 Å². The van der Waals surface area contributed by atoms with Crippen molar-refractivity contribution < 1.29 is 31.5 Å². The summed E-state index contributed by atoms with van der Waals surface area (Å²) in [6.45, 7) is 7.36. The number of guanidine groups is 1. The van der Waals surface area contributed by atoms with Crippen LogP contribution >= 0.6 is 0 Å². The number of anilines is 1. The molecule has 0 bridgehead atoms. The molecule has 1 spiro atoms. The molecule has 2 aliphatic heterocycles. The van der Waals surface area contributed by atoms with Crippen LogP contribution in [0.15, 0.2) is 71.9 Å². The molecule has 0 radical (unpaired) electrons. The Bertz CT molecular complexity index is 1780. The Morgan fingerprint density at radius 3 is 2.48 bits per heavy atom. The van der Waals surface area contributed by atoms with E-state index in [2.05, 4.69) is 20.6 Å². The maximum atomic E-state index is 16.0. The Balaban J connectivity index is 1.60. The molecule has 2 aromatic carbocycles. The Morgan fingerprint density at radius 2 is 1.83 bits per heavy atom. The highest BCUT2D eigenvalue weighted by molar-refractivity contribution is 7.91. The number of amides is 2. The van der Waals surface area contributed by atoms with Crippen LogP contribution in [0.5, 0.6) is 0 Å². The highest BCUT2D eigenvalue weighted by Gasteiger charge is 2.66. The number of ether oxygens (including phenoxy) is 1.